The third kappa shape index (κ3) is 3.82. The second-order valence-electron chi connectivity index (χ2n) is 4.43. The Morgan fingerprint density at radius 1 is 1.10 bits per heavy atom. The standard InChI is InChI=1S/C15H9ClF4O/c16-12-8-10(4-5-13(12)17)14(21)7-9-2-1-3-11(6-9)15(18,19)20/h1-6,8H,7H2. The third-order valence-electron chi connectivity index (χ3n) is 2.86. The summed E-state index contributed by atoms with van der Waals surface area (Å²) < 4.78 is 50.7. The maximum absolute atomic E-state index is 13.0. The summed E-state index contributed by atoms with van der Waals surface area (Å²) in [7, 11) is 0. The minimum Gasteiger partial charge on any atom is -0.294 e. The molecule has 0 unspecified atom stereocenters. The lowest BCUT2D eigenvalue weighted by atomic mass is 10.0. The van der Waals surface area contributed by atoms with Gasteiger partial charge >= 0.3 is 6.18 Å². The van der Waals surface area contributed by atoms with Crippen LogP contribution in [0.4, 0.5) is 17.6 Å². The monoisotopic (exact) mass is 316 g/mol. The summed E-state index contributed by atoms with van der Waals surface area (Å²) >= 11 is 5.57. The Morgan fingerprint density at radius 2 is 1.81 bits per heavy atom. The van der Waals surface area contributed by atoms with E-state index in [0.29, 0.717) is 0 Å². The summed E-state index contributed by atoms with van der Waals surface area (Å²) in [5.41, 5.74) is -0.431. The third-order valence-corrected chi connectivity index (χ3v) is 3.15. The topological polar surface area (TPSA) is 17.1 Å². The van der Waals surface area contributed by atoms with Crippen LogP contribution in [-0.2, 0) is 12.6 Å². The summed E-state index contributed by atoms with van der Waals surface area (Å²) in [6.45, 7) is 0. The van der Waals surface area contributed by atoms with Crippen molar-refractivity contribution in [2.24, 2.45) is 0 Å². The van der Waals surface area contributed by atoms with Crippen molar-refractivity contribution in [3.05, 3.63) is 70.0 Å². The molecule has 0 aromatic heterocycles. The van der Waals surface area contributed by atoms with Crippen molar-refractivity contribution >= 4 is 17.4 Å². The second-order valence-corrected chi connectivity index (χ2v) is 4.83. The number of ketones is 1. The Kier molecular flexibility index (Phi) is 4.32. The molecule has 0 fully saturated rings. The summed E-state index contributed by atoms with van der Waals surface area (Å²) in [5.74, 6) is -1.09. The van der Waals surface area contributed by atoms with Crippen molar-refractivity contribution in [2.45, 2.75) is 12.6 Å². The van der Waals surface area contributed by atoms with Crippen LogP contribution in [0.1, 0.15) is 21.5 Å². The Labute approximate surface area is 123 Å². The zero-order valence-corrected chi connectivity index (χ0v) is 11.3. The van der Waals surface area contributed by atoms with E-state index in [9.17, 15) is 22.4 Å². The quantitative estimate of drug-likeness (QED) is 0.580. The highest BCUT2D eigenvalue weighted by Crippen LogP contribution is 2.29. The average molecular weight is 317 g/mol. The fourth-order valence-electron chi connectivity index (χ4n) is 1.81. The molecule has 2 aromatic carbocycles. The first-order valence-electron chi connectivity index (χ1n) is 5.92. The molecule has 110 valence electrons. The van der Waals surface area contributed by atoms with Crippen LogP contribution in [-0.4, -0.2) is 5.78 Å². The Balaban J connectivity index is 2.21. The fraction of sp³-hybridized carbons (Fsp3) is 0.133. The van der Waals surface area contributed by atoms with E-state index >= 15 is 0 Å². The highest BCUT2D eigenvalue weighted by Gasteiger charge is 2.30. The summed E-state index contributed by atoms with van der Waals surface area (Å²) in [5, 5.41) is -0.204. The van der Waals surface area contributed by atoms with Crippen LogP contribution >= 0.6 is 11.6 Å². The highest BCUT2D eigenvalue weighted by molar-refractivity contribution is 6.31. The molecule has 0 atom stereocenters. The molecule has 0 saturated heterocycles. The van der Waals surface area contributed by atoms with Gasteiger partial charge in [-0.1, -0.05) is 29.8 Å². The molecule has 0 aliphatic heterocycles. The molecule has 0 bridgehead atoms. The van der Waals surface area contributed by atoms with Crippen molar-refractivity contribution in [3.8, 4) is 0 Å². The zero-order valence-electron chi connectivity index (χ0n) is 10.5. The van der Waals surface area contributed by atoms with Crippen LogP contribution in [0.5, 0.6) is 0 Å². The number of rotatable bonds is 3. The lowest BCUT2D eigenvalue weighted by molar-refractivity contribution is -0.137. The van der Waals surface area contributed by atoms with Crippen LogP contribution in [0.3, 0.4) is 0 Å². The summed E-state index contributed by atoms with van der Waals surface area (Å²) in [6.07, 6.45) is -4.68. The lowest BCUT2D eigenvalue weighted by Gasteiger charge is -2.08. The van der Waals surface area contributed by atoms with Gasteiger partial charge in [0, 0.05) is 12.0 Å². The number of carbonyl (C=O) groups excluding carboxylic acids is 1. The van der Waals surface area contributed by atoms with E-state index in [-0.39, 0.29) is 22.6 Å². The number of Topliss-reactive ketones (excluding diaryl/α,β-unsaturated/α-hetero) is 1. The molecule has 0 saturated carbocycles. The molecular formula is C15H9ClF4O. The van der Waals surface area contributed by atoms with Crippen molar-refractivity contribution in [1.29, 1.82) is 0 Å². The van der Waals surface area contributed by atoms with Gasteiger partial charge in [0.05, 0.1) is 10.6 Å². The first-order valence-corrected chi connectivity index (χ1v) is 6.29. The molecule has 6 heteroatoms. The molecule has 21 heavy (non-hydrogen) atoms. The van der Waals surface area contributed by atoms with E-state index in [1.165, 1.54) is 18.2 Å². The van der Waals surface area contributed by atoms with Gasteiger partial charge in [0.25, 0.3) is 0 Å². The van der Waals surface area contributed by atoms with Crippen LogP contribution in [0.2, 0.25) is 5.02 Å². The molecule has 0 aliphatic carbocycles. The fourth-order valence-corrected chi connectivity index (χ4v) is 2.00. The highest BCUT2D eigenvalue weighted by atomic mass is 35.5. The Bertz CT molecular complexity index is 680. The molecule has 0 spiro atoms. The second kappa shape index (κ2) is 5.85. The van der Waals surface area contributed by atoms with Crippen LogP contribution < -0.4 is 0 Å². The number of benzene rings is 2. The van der Waals surface area contributed by atoms with E-state index in [0.717, 1.165) is 24.3 Å². The van der Waals surface area contributed by atoms with Gasteiger partial charge in [0.15, 0.2) is 5.78 Å². The number of carbonyl (C=O) groups is 1. The van der Waals surface area contributed by atoms with Gasteiger partial charge < -0.3 is 0 Å². The molecule has 0 radical (unpaired) electrons. The maximum Gasteiger partial charge on any atom is 0.416 e. The smallest absolute Gasteiger partial charge is 0.294 e. The molecule has 0 heterocycles. The molecule has 0 aliphatic rings. The van der Waals surface area contributed by atoms with E-state index < -0.39 is 23.3 Å². The molecule has 0 amide bonds. The van der Waals surface area contributed by atoms with Gasteiger partial charge in [0.1, 0.15) is 5.82 Å². The van der Waals surface area contributed by atoms with Gasteiger partial charge in [-0.25, -0.2) is 4.39 Å². The largest absolute Gasteiger partial charge is 0.416 e. The van der Waals surface area contributed by atoms with Gasteiger partial charge in [-0.15, -0.1) is 0 Å². The molecule has 2 rings (SSSR count). The molecule has 0 N–H and O–H groups in total. The minimum atomic E-state index is -4.46. The number of halogens is 5. The first-order chi connectivity index (χ1) is 9.77. The predicted molar refractivity (Wildman–Crippen MR) is 70.9 cm³/mol. The predicted octanol–water partition coefficient (Wildman–Crippen LogP) is 4.92. The zero-order chi connectivity index (χ0) is 15.6. The van der Waals surface area contributed by atoms with Crippen LogP contribution in [0.15, 0.2) is 42.5 Å². The van der Waals surface area contributed by atoms with Crippen molar-refractivity contribution < 1.29 is 22.4 Å². The summed E-state index contributed by atoms with van der Waals surface area (Å²) in [4.78, 5) is 12.0. The van der Waals surface area contributed by atoms with Crippen molar-refractivity contribution in [1.82, 2.24) is 0 Å². The summed E-state index contributed by atoms with van der Waals surface area (Å²) in [6, 6.07) is 7.97. The molecule has 2 aromatic rings. The van der Waals surface area contributed by atoms with E-state index in [1.54, 1.807) is 0 Å². The normalized spacial score (nSPS) is 11.5. The van der Waals surface area contributed by atoms with E-state index in [4.69, 9.17) is 11.6 Å². The van der Waals surface area contributed by atoms with Crippen LogP contribution in [0, 0.1) is 5.82 Å². The van der Waals surface area contributed by atoms with E-state index in [1.807, 2.05) is 0 Å². The first kappa shape index (κ1) is 15.5. The molecule has 1 nitrogen and oxygen atoms in total. The lowest BCUT2D eigenvalue weighted by Crippen LogP contribution is -2.08. The van der Waals surface area contributed by atoms with Gasteiger partial charge in [-0.3, -0.25) is 4.79 Å². The Morgan fingerprint density at radius 3 is 2.43 bits per heavy atom. The molecular weight excluding hydrogens is 308 g/mol. The number of hydrogen-bond acceptors (Lipinski definition) is 1. The van der Waals surface area contributed by atoms with Gasteiger partial charge in [-0.2, -0.15) is 13.2 Å². The average Bonchev–Trinajstić information content (AvgIpc) is 2.41. The van der Waals surface area contributed by atoms with Gasteiger partial charge in [-0.05, 0) is 29.8 Å². The SMILES string of the molecule is O=C(Cc1cccc(C(F)(F)F)c1)c1ccc(F)c(Cl)c1. The van der Waals surface area contributed by atoms with Crippen molar-refractivity contribution in [3.63, 3.8) is 0 Å². The van der Waals surface area contributed by atoms with Crippen molar-refractivity contribution in [2.75, 3.05) is 0 Å². The van der Waals surface area contributed by atoms with Crippen LogP contribution in [0.25, 0.3) is 0 Å². The van der Waals surface area contributed by atoms with E-state index in [2.05, 4.69) is 0 Å². The number of hydrogen-bond donors (Lipinski definition) is 0. The maximum atomic E-state index is 13.0. The Hall–Kier alpha value is -1.88. The number of alkyl halides is 3. The van der Waals surface area contributed by atoms with Gasteiger partial charge in [0.2, 0.25) is 0 Å². The minimum absolute atomic E-state index is 0.152.